The fourth-order valence-corrected chi connectivity index (χ4v) is 2.60. The summed E-state index contributed by atoms with van der Waals surface area (Å²) in [6, 6.07) is 10.2. The van der Waals surface area contributed by atoms with Crippen LogP contribution in [-0.2, 0) is 4.79 Å². The Morgan fingerprint density at radius 3 is 2.81 bits per heavy atom. The van der Waals surface area contributed by atoms with Gasteiger partial charge in [-0.05, 0) is 44.0 Å². The second-order valence-electron chi connectivity index (χ2n) is 4.99. The van der Waals surface area contributed by atoms with Crippen LogP contribution in [-0.4, -0.2) is 22.9 Å². The normalized spacial score (nSPS) is 13.0. The van der Waals surface area contributed by atoms with Crippen LogP contribution in [0.5, 0.6) is 0 Å². The van der Waals surface area contributed by atoms with E-state index >= 15 is 0 Å². The molecule has 2 aromatic rings. The molecule has 0 spiro atoms. The van der Waals surface area contributed by atoms with E-state index in [1.165, 1.54) is 11.8 Å². The predicted molar refractivity (Wildman–Crippen MR) is 91.6 cm³/mol. The molecule has 0 atom stereocenters. The summed E-state index contributed by atoms with van der Waals surface area (Å²) in [7, 11) is 0. The van der Waals surface area contributed by atoms with Gasteiger partial charge >= 0.3 is 0 Å². The molecule has 1 aromatic carbocycles. The monoisotopic (exact) mass is 298 g/mol. The minimum Gasteiger partial charge on any atom is -0.297 e. The number of fused-ring (bicyclic) bond motifs is 1. The fraction of sp³-hybridized carbons (Fsp3) is 0.235. The molecule has 21 heavy (non-hydrogen) atoms. The third kappa shape index (κ3) is 4.02. The Morgan fingerprint density at radius 1 is 1.33 bits per heavy atom. The average Bonchev–Trinajstić information content (AvgIpc) is 2.50. The zero-order valence-corrected chi connectivity index (χ0v) is 13.2. The Balaban J connectivity index is 2.35. The highest BCUT2D eigenvalue weighted by atomic mass is 32.2. The summed E-state index contributed by atoms with van der Waals surface area (Å²) in [5, 5.41) is 1.07. The van der Waals surface area contributed by atoms with Gasteiger partial charge in [0, 0.05) is 17.6 Å². The first-order valence-electron chi connectivity index (χ1n) is 6.81. The smallest absolute Gasteiger partial charge is 0.157 e. The first-order valence-corrected chi connectivity index (χ1v) is 7.69. The van der Waals surface area contributed by atoms with Crippen molar-refractivity contribution < 1.29 is 4.79 Å². The van der Waals surface area contributed by atoms with E-state index in [-0.39, 0.29) is 6.04 Å². The van der Waals surface area contributed by atoms with Crippen molar-refractivity contribution in [3.63, 3.8) is 0 Å². The third-order valence-corrected chi connectivity index (χ3v) is 3.92. The van der Waals surface area contributed by atoms with Gasteiger partial charge in [-0.15, -0.1) is 0 Å². The van der Waals surface area contributed by atoms with Gasteiger partial charge < -0.3 is 0 Å². The molecule has 0 saturated carbocycles. The Kier molecular flexibility index (Phi) is 5.28. The van der Waals surface area contributed by atoms with Crippen LogP contribution in [0, 0.1) is 0 Å². The van der Waals surface area contributed by atoms with Crippen LogP contribution >= 0.6 is 11.8 Å². The number of para-hydroxylation sites is 1. The zero-order chi connectivity index (χ0) is 15.2. The largest absolute Gasteiger partial charge is 0.297 e. The van der Waals surface area contributed by atoms with Crippen molar-refractivity contribution in [3.05, 3.63) is 47.0 Å². The Labute approximate surface area is 129 Å². The van der Waals surface area contributed by atoms with Crippen molar-refractivity contribution in [1.29, 1.82) is 0 Å². The maximum atomic E-state index is 11.3. The van der Waals surface area contributed by atoms with Crippen molar-refractivity contribution in [2.24, 2.45) is 4.99 Å². The summed E-state index contributed by atoms with van der Waals surface area (Å²) < 4.78 is 0. The number of benzene rings is 1. The lowest BCUT2D eigenvalue weighted by Crippen LogP contribution is -1.91. The molecule has 0 aliphatic heterocycles. The van der Waals surface area contributed by atoms with E-state index in [1.807, 2.05) is 45.0 Å². The topological polar surface area (TPSA) is 42.3 Å². The van der Waals surface area contributed by atoms with Gasteiger partial charge in [0.15, 0.2) is 6.29 Å². The van der Waals surface area contributed by atoms with E-state index in [9.17, 15) is 4.79 Å². The van der Waals surface area contributed by atoms with E-state index in [0.717, 1.165) is 28.3 Å². The maximum Gasteiger partial charge on any atom is 0.157 e. The van der Waals surface area contributed by atoms with Crippen LogP contribution in [0.15, 0.2) is 46.4 Å². The number of rotatable bonds is 5. The number of allylic oxidation sites excluding steroid dienone is 2. The number of carbonyl (C=O) groups is 1. The highest BCUT2D eigenvalue weighted by Gasteiger charge is 2.06. The molecule has 0 amide bonds. The van der Waals surface area contributed by atoms with Gasteiger partial charge in [-0.2, -0.15) is 0 Å². The van der Waals surface area contributed by atoms with Crippen LogP contribution in [0.3, 0.4) is 0 Å². The molecule has 0 aliphatic rings. The predicted octanol–water partition coefficient (Wildman–Crippen LogP) is 4.33. The molecule has 0 aliphatic carbocycles. The van der Waals surface area contributed by atoms with Crippen LogP contribution in [0.25, 0.3) is 16.5 Å². The molecule has 4 heteroatoms. The van der Waals surface area contributed by atoms with Crippen LogP contribution in [0.1, 0.15) is 26.3 Å². The van der Waals surface area contributed by atoms with Crippen LogP contribution in [0.4, 0.5) is 0 Å². The van der Waals surface area contributed by atoms with Gasteiger partial charge in [-0.3, -0.25) is 14.8 Å². The SMILES string of the molecule is C/C(=C(/C=O)SC=NC(C)C)c1cnc2ccccc2c1. The molecule has 3 nitrogen and oxygen atoms in total. The fourth-order valence-electron chi connectivity index (χ4n) is 1.83. The summed E-state index contributed by atoms with van der Waals surface area (Å²) in [4.78, 5) is 20.7. The molecule has 0 bridgehead atoms. The molecule has 1 heterocycles. The van der Waals surface area contributed by atoms with Gasteiger partial charge in [0.05, 0.1) is 16.0 Å². The van der Waals surface area contributed by atoms with Crippen molar-refractivity contribution >= 4 is 40.1 Å². The number of carbonyl (C=O) groups excluding carboxylic acids is 1. The molecule has 1 aromatic heterocycles. The van der Waals surface area contributed by atoms with Gasteiger partial charge in [-0.25, -0.2) is 0 Å². The molecule has 2 rings (SSSR count). The second-order valence-corrected chi connectivity index (χ2v) is 5.88. The quantitative estimate of drug-likeness (QED) is 0.357. The molecular formula is C17H18N2OS. The first-order chi connectivity index (χ1) is 10.1. The lowest BCUT2D eigenvalue weighted by molar-refractivity contribution is -0.104. The number of pyridine rings is 1. The first kappa shape index (κ1) is 15.4. The Morgan fingerprint density at radius 2 is 2.10 bits per heavy atom. The number of aliphatic imine (C=N–C) groups is 1. The minimum atomic E-state index is 0.230. The van der Waals surface area contributed by atoms with E-state index in [1.54, 1.807) is 11.7 Å². The van der Waals surface area contributed by atoms with E-state index in [2.05, 4.69) is 16.0 Å². The minimum absolute atomic E-state index is 0.230. The summed E-state index contributed by atoms with van der Waals surface area (Å²) in [6.45, 7) is 5.94. The highest BCUT2D eigenvalue weighted by Crippen LogP contribution is 2.25. The number of hydrogen-bond donors (Lipinski definition) is 0. The van der Waals surface area contributed by atoms with Crippen molar-refractivity contribution in [3.8, 4) is 0 Å². The number of thioether (sulfide) groups is 1. The van der Waals surface area contributed by atoms with E-state index in [4.69, 9.17) is 0 Å². The maximum absolute atomic E-state index is 11.3. The molecule has 108 valence electrons. The highest BCUT2D eigenvalue weighted by molar-refractivity contribution is 8.16. The summed E-state index contributed by atoms with van der Waals surface area (Å²) >= 11 is 1.35. The Hall–Kier alpha value is -1.94. The Bertz CT molecular complexity index is 705. The van der Waals surface area contributed by atoms with Crippen molar-refractivity contribution in [2.75, 3.05) is 0 Å². The van der Waals surface area contributed by atoms with Gasteiger partial charge in [0.2, 0.25) is 0 Å². The standard InChI is InChI=1S/C17H18N2OS/c1-12(2)19-11-21-17(10-20)13(3)15-8-14-6-4-5-7-16(14)18-9-15/h4-12H,1-3H3/b17-13+,19-11?. The molecule has 0 radical (unpaired) electrons. The van der Waals surface area contributed by atoms with Gasteiger partial charge in [-0.1, -0.05) is 30.0 Å². The molecule has 0 N–H and O–H groups in total. The third-order valence-electron chi connectivity index (χ3n) is 3.04. The second kappa shape index (κ2) is 7.18. The van der Waals surface area contributed by atoms with Crippen molar-refractivity contribution in [1.82, 2.24) is 4.98 Å². The lowest BCUT2D eigenvalue weighted by atomic mass is 10.1. The van der Waals surface area contributed by atoms with Gasteiger partial charge in [0.1, 0.15) is 0 Å². The number of hydrogen-bond acceptors (Lipinski definition) is 4. The van der Waals surface area contributed by atoms with E-state index in [0.29, 0.717) is 4.91 Å². The number of aromatic nitrogens is 1. The molecule has 0 saturated heterocycles. The number of aldehydes is 1. The summed E-state index contributed by atoms with van der Waals surface area (Å²) in [5.41, 5.74) is 4.56. The van der Waals surface area contributed by atoms with Crippen molar-refractivity contribution in [2.45, 2.75) is 26.8 Å². The van der Waals surface area contributed by atoms with Crippen LogP contribution in [0.2, 0.25) is 0 Å². The molecular weight excluding hydrogens is 280 g/mol. The average molecular weight is 298 g/mol. The summed E-state index contributed by atoms with van der Waals surface area (Å²) in [6.07, 6.45) is 2.68. The zero-order valence-electron chi connectivity index (χ0n) is 12.4. The number of nitrogens with zero attached hydrogens (tertiary/aromatic N) is 2. The molecule has 0 unspecified atom stereocenters. The van der Waals surface area contributed by atoms with E-state index < -0.39 is 0 Å². The molecule has 0 fully saturated rings. The van der Waals surface area contributed by atoms with Gasteiger partial charge in [0.25, 0.3) is 0 Å². The van der Waals surface area contributed by atoms with Crippen LogP contribution < -0.4 is 0 Å². The lowest BCUT2D eigenvalue weighted by Gasteiger charge is -2.06. The summed E-state index contributed by atoms with van der Waals surface area (Å²) in [5.74, 6) is 0.